The van der Waals surface area contributed by atoms with E-state index in [4.69, 9.17) is 5.73 Å². The van der Waals surface area contributed by atoms with Crippen molar-refractivity contribution in [1.29, 1.82) is 0 Å². The van der Waals surface area contributed by atoms with Gasteiger partial charge in [-0.1, -0.05) is 19.1 Å². The first-order chi connectivity index (χ1) is 9.38. The second-order valence-corrected chi connectivity index (χ2v) is 6.86. The van der Waals surface area contributed by atoms with Gasteiger partial charge in [-0.15, -0.1) is 0 Å². The molecule has 0 bridgehead atoms. The van der Waals surface area contributed by atoms with Gasteiger partial charge in [0.1, 0.15) is 0 Å². The minimum Gasteiger partial charge on any atom is -0.399 e. The number of rotatable bonds is 7. The number of nitrogens with one attached hydrogen (secondary N) is 1. The Morgan fingerprint density at radius 2 is 1.90 bits per heavy atom. The van der Waals surface area contributed by atoms with Gasteiger partial charge >= 0.3 is 0 Å². The van der Waals surface area contributed by atoms with Crippen LogP contribution in [-0.4, -0.2) is 28.2 Å². The van der Waals surface area contributed by atoms with Crippen LogP contribution in [0.4, 0.5) is 5.69 Å². The summed E-state index contributed by atoms with van der Waals surface area (Å²) >= 11 is 0. The zero-order valence-electron chi connectivity index (χ0n) is 12.4. The van der Waals surface area contributed by atoms with E-state index in [1.807, 2.05) is 38.1 Å². The topological polar surface area (TPSA) is 72.2 Å². The van der Waals surface area contributed by atoms with Gasteiger partial charge in [-0.3, -0.25) is 9.00 Å². The third kappa shape index (κ3) is 6.19. The molecule has 3 atom stereocenters. The molecular weight excluding hydrogens is 272 g/mol. The van der Waals surface area contributed by atoms with Gasteiger partial charge in [-0.05, 0) is 37.0 Å². The summed E-state index contributed by atoms with van der Waals surface area (Å²) in [4.78, 5) is 11.9. The molecule has 1 amide bonds. The Kier molecular flexibility index (Phi) is 6.71. The minimum atomic E-state index is -0.807. The van der Waals surface area contributed by atoms with Gasteiger partial charge in [0.05, 0.1) is 0 Å². The van der Waals surface area contributed by atoms with E-state index in [2.05, 4.69) is 5.32 Å². The molecule has 0 spiro atoms. The number of carbonyl (C=O) groups excluding carboxylic acids is 1. The molecular formula is C15H24N2O2S. The summed E-state index contributed by atoms with van der Waals surface area (Å²) < 4.78 is 11.0. The number of nitrogen functional groups attached to an aromatic ring is 1. The molecule has 112 valence electrons. The van der Waals surface area contributed by atoms with Crippen molar-refractivity contribution < 1.29 is 9.00 Å². The van der Waals surface area contributed by atoms with Crippen molar-refractivity contribution >= 4 is 22.4 Å². The maximum Gasteiger partial charge on any atom is 0.220 e. The van der Waals surface area contributed by atoms with Crippen LogP contribution >= 0.6 is 0 Å². The summed E-state index contributed by atoms with van der Waals surface area (Å²) in [6.45, 7) is 3.97. The third-order valence-electron chi connectivity index (χ3n) is 3.24. The fraction of sp³-hybridized carbons (Fsp3) is 0.533. The average Bonchev–Trinajstić information content (AvgIpc) is 2.36. The summed E-state index contributed by atoms with van der Waals surface area (Å²) in [5.41, 5.74) is 7.48. The minimum absolute atomic E-state index is 0.0312. The summed E-state index contributed by atoms with van der Waals surface area (Å²) in [5, 5.41) is 2.95. The highest BCUT2D eigenvalue weighted by molar-refractivity contribution is 7.84. The molecule has 0 saturated carbocycles. The molecule has 1 aromatic rings. The lowest BCUT2D eigenvalue weighted by Crippen LogP contribution is -2.34. The first-order valence-electron chi connectivity index (χ1n) is 6.83. The first-order valence-corrected chi connectivity index (χ1v) is 8.56. The highest BCUT2D eigenvalue weighted by atomic mass is 32.2. The van der Waals surface area contributed by atoms with E-state index in [0.717, 1.165) is 17.7 Å². The number of carbonyl (C=O) groups is 1. The average molecular weight is 296 g/mol. The Balaban J connectivity index is 2.41. The summed E-state index contributed by atoms with van der Waals surface area (Å²) in [7, 11) is -0.807. The SMILES string of the molecule is CC(CCS(C)=O)NC(=O)CC(C)c1ccc(N)cc1. The highest BCUT2D eigenvalue weighted by Gasteiger charge is 2.13. The Morgan fingerprint density at radius 3 is 2.45 bits per heavy atom. The lowest BCUT2D eigenvalue weighted by Gasteiger charge is -2.16. The Bertz CT molecular complexity index is 459. The predicted octanol–water partition coefficient (Wildman–Crippen LogP) is 2.04. The van der Waals surface area contributed by atoms with Gasteiger partial charge in [0, 0.05) is 41.0 Å². The second-order valence-electron chi connectivity index (χ2n) is 5.31. The lowest BCUT2D eigenvalue weighted by atomic mass is 9.97. The van der Waals surface area contributed by atoms with E-state index in [1.54, 1.807) is 6.26 Å². The maximum atomic E-state index is 11.9. The van der Waals surface area contributed by atoms with Gasteiger partial charge in [-0.2, -0.15) is 0 Å². The molecule has 0 fully saturated rings. The summed E-state index contributed by atoms with van der Waals surface area (Å²) in [5.74, 6) is 0.807. The smallest absolute Gasteiger partial charge is 0.220 e. The van der Waals surface area contributed by atoms with Crippen molar-refractivity contribution in [3.63, 3.8) is 0 Å². The van der Waals surface area contributed by atoms with E-state index in [9.17, 15) is 9.00 Å². The van der Waals surface area contributed by atoms with Crippen LogP contribution in [0.1, 0.15) is 38.2 Å². The van der Waals surface area contributed by atoms with Gasteiger partial charge in [0.15, 0.2) is 0 Å². The van der Waals surface area contributed by atoms with Gasteiger partial charge in [0.2, 0.25) is 5.91 Å². The molecule has 0 aromatic heterocycles. The number of hydrogen-bond donors (Lipinski definition) is 2. The second kappa shape index (κ2) is 8.04. The Morgan fingerprint density at radius 1 is 1.30 bits per heavy atom. The number of nitrogens with two attached hydrogens (primary N) is 1. The van der Waals surface area contributed by atoms with Crippen molar-refractivity contribution in [2.75, 3.05) is 17.7 Å². The van der Waals surface area contributed by atoms with Crippen LogP contribution < -0.4 is 11.1 Å². The third-order valence-corrected chi connectivity index (χ3v) is 4.05. The summed E-state index contributed by atoms with van der Waals surface area (Å²) in [6, 6.07) is 7.67. The van der Waals surface area contributed by atoms with Gasteiger partial charge in [0.25, 0.3) is 0 Å². The molecule has 0 aliphatic rings. The van der Waals surface area contributed by atoms with Crippen molar-refractivity contribution in [3.05, 3.63) is 29.8 Å². The largest absolute Gasteiger partial charge is 0.399 e. The zero-order valence-corrected chi connectivity index (χ0v) is 13.2. The van der Waals surface area contributed by atoms with E-state index in [1.165, 1.54) is 0 Å². The lowest BCUT2D eigenvalue weighted by molar-refractivity contribution is -0.122. The number of benzene rings is 1. The molecule has 4 nitrogen and oxygen atoms in total. The molecule has 0 saturated heterocycles. The molecule has 1 aromatic carbocycles. The van der Waals surface area contributed by atoms with E-state index in [0.29, 0.717) is 12.2 Å². The molecule has 0 radical (unpaired) electrons. The van der Waals surface area contributed by atoms with Crippen molar-refractivity contribution in [2.24, 2.45) is 0 Å². The van der Waals surface area contributed by atoms with Crippen molar-refractivity contribution in [3.8, 4) is 0 Å². The van der Waals surface area contributed by atoms with E-state index in [-0.39, 0.29) is 17.9 Å². The van der Waals surface area contributed by atoms with Gasteiger partial charge < -0.3 is 11.1 Å². The zero-order chi connectivity index (χ0) is 15.1. The molecule has 0 heterocycles. The van der Waals surface area contributed by atoms with Crippen LogP contribution in [0.25, 0.3) is 0 Å². The number of anilines is 1. The molecule has 20 heavy (non-hydrogen) atoms. The monoisotopic (exact) mass is 296 g/mol. The molecule has 0 aliphatic carbocycles. The quantitative estimate of drug-likeness (QED) is 0.756. The molecule has 1 rings (SSSR count). The molecule has 3 unspecified atom stereocenters. The number of hydrogen-bond acceptors (Lipinski definition) is 3. The Hall–Kier alpha value is -1.36. The normalized spacial score (nSPS) is 15.3. The van der Waals surface area contributed by atoms with E-state index < -0.39 is 10.8 Å². The predicted molar refractivity (Wildman–Crippen MR) is 85.0 cm³/mol. The fourth-order valence-corrected chi connectivity index (χ4v) is 2.65. The Labute approximate surface area is 123 Å². The first kappa shape index (κ1) is 16.7. The standard InChI is InChI=1S/C15H24N2O2S/c1-11(13-4-6-14(16)7-5-13)10-15(18)17-12(2)8-9-20(3)19/h4-7,11-12H,8-10,16H2,1-3H3,(H,17,18). The fourth-order valence-electron chi connectivity index (χ4n) is 1.97. The van der Waals surface area contributed by atoms with Crippen LogP contribution in [0, 0.1) is 0 Å². The van der Waals surface area contributed by atoms with Crippen molar-refractivity contribution in [2.45, 2.75) is 38.6 Å². The highest BCUT2D eigenvalue weighted by Crippen LogP contribution is 2.20. The maximum absolute atomic E-state index is 11.9. The van der Waals surface area contributed by atoms with Crippen LogP contribution in [0.2, 0.25) is 0 Å². The molecule has 5 heteroatoms. The van der Waals surface area contributed by atoms with Crippen LogP contribution in [0.15, 0.2) is 24.3 Å². The molecule has 3 N–H and O–H groups in total. The van der Waals surface area contributed by atoms with Crippen molar-refractivity contribution in [1.82, 2.24) is 5.32 Å². The van der Waals surface area contributed by atoms with E-state index >= 15 is 0 Å². The summed E-state index contributed by atoms with van der Waals surface area (Å²) in [6.07, 6.45) is 2.87. The molecule has 0 aliphatic heterocycles. The van der Waals surface area contributed by atoms with Gasteiger partial charge in [-0.25, -0.2) is 0 Å². The van der Waals surface area contributed by atoms with Crippen LogP contribution in [0.5, 0.6) is 0 Å². The van der Waals surface area contributed by atoms with Crippen LogP contribution in [-0.2, 0) is 15.6 Å². The van der Waals surface area contributed by atoms with Crippen LogP contribution in [0.3, 0.4) is 0 Å². The number of amides is 1.